The van der Waals surface area contributed by atoms with E-state index in [-0.39, 0.29) is 18.1 Å². The monoisotopic (exact) mass is 274 g/mol. The Kier molecular flexibility index (Phi) is 4.22. The second kappa shape index (κ2) is 5.01. The van der Waals surface area contributed by atoms with Gasteiger partial charge in [-0.05, 0) is 18.1 Å². The maximum atomic E-state index is 11.2. The average Bonchev–Trinajstić information content (AvgIpc) is 2.55. The molecule has 1 aliphatic rings. The standard InChI is InChI=1S/C12H22O5Si/c1-12(2,3)18(4,5)16-7-9-8(11(14)15)6-10(13)17-9/h8-9H,6-7H2,1-5H3,(H,14,15)/t8-,9+/m0/s1. The summed E-state index contributed by atoms with van der Waals surface area (Å²) in [6.45, 7) is 10.7. The lowest BCUT2D eigenvalue weighted by molar-refractivity contribution is -0.145. The zero-order valence-electron chi connectivity index (χ0n) is 11.6. The molecule has 1 heterocycles. The van der Waals surface area contributed by atoms with Gasteiger partial charge in [-0.3, -0.25) is 9.59 Å². The number of carbonyl (C=O) groups excluding carboxylic acids is 1. The molecule has 104 valence electrons. The van der Waals surface area contributed by atoms with Crippen molar-refractivity contribution in [3.63, 3.8) is 0 Å². The predicted octanol–water partition coefficient (Wildman–Crippen LogP) is 2.02. The lowest BCUT2D eigenvalue weighted by Crippen LogP contribution is -2.43. The highest BCUT2D eigenvalue weighted by Gasteiger charge is 2.43. The van der Waals surface area contributed by atoms with Gasteiger partial charge in [0.05, 0.1) is 13.0 Å². The Hall–Kier alpha value is -0.883. The fourth-order valence-electron chi connectivity index (χ4n) is 1.51. The van der Waals surface area contributed by atoms with Gasteiger partial charge in [-0.1, -0.05) is 20.8 Å². The van der Waals surface area contributed by atoms with E-state index < -0.39 is 32.3 Å². The van der Waals surface area contributed by atoms with Gasteiger partial charge in [0.2, 0.25) is 0 Å². The Morgan fingerprint density at radius 1 is 1.50 bits per heavy atom. The zero-order chi connectivity index (χ0) is 14.1. The molecule has 1 rings (SSSR count). The highest BCUT2D eigenvalue weighted by molar-refractivity contribution is 6.74. The van der Waals surface area contributed by atoms with Crippen molar-refractivity contribution in [2.24, 2.45) is 5.92 Å². The van der Waals surface area contributed by atoms with E-state index in [1.807, 2.05) is 0 Å². The summed E-state index contributed by atoms with van der Waals surface area (Å²) in [5, 5.41) is 9.06. The molecule has 18 heavy (non-hydrogen) atoms. The lowest BCUT2D eigenvalue weighted by Gasteiger charge is -2.37. The normalized spacial score (nSPS) is 25.1. The summed E-state index contributed by atoms with van der Waals surface area (Å²) in [5.74, 6) is -2.22. The third kappa shape index (κ3) is 3.32. The summed E-state index contributed by atoms with van der Waals surface area (Å²) >= 11 is 0. The van der Waals surface area contributed by atoms with Crippen molar-refractivity contribution < 1.29 is 23.9 Å². The largest absolute Gasteiger partial charge is 0.481 e. The smallest absolute Gasteiger partial charge is 0.310 e. The molecule has 0 bridgehead atoms. The first-order valence-corrected chi connectivity index (χ1v) is 9.01. The number of cyclic esters (lactones) is 1. The maximum absolute atomic E-state index is 11.2. The van der Waals surface area contributed by atoms with Crippen LogP contribution in [0.5, 0.6) is 0 Å². The molecule has 0 saturated carbocycles. The molecule has 6 heteroatoms. The summed E-state index contributed by atoms with van der Waals surface area (Å²) in [6, 6.07) is 0. The van der Waals surface area contributed by atoms with Crippen LogP contribution in [0.25, 0.3) is 0 Å². The first-order valence-electron chi connectivity index (χ1n) is 6.11. The van der Waals surface area contributed by atoms with Crippen LogP contribution in [-0.2, 0) is 18.8 Å². The molecule has 0 aromatic rings. The molecule has 0 aromatic heterocycles. The number of carbonyl (C=O) groups is 2. The van der Waals surface area contributed by atoms with E-state index in [1.54, 1.807) is 0 Å². The van der Waals surface area contributed by atoms with Crippen LogP contribution in [0.4, 0.5) is 0 Å². The van der Waals surface area contributed by atoms with Crippen molar-refractivity contribution in [1.29, 1.82) is 0 Å². The first-order chi connectivity index (χ1) is 8.04. The molecule has 1 aliphatic heterocycles. The minimum Gasteiger partial charge on any atom is -0.481 e. The topological polar surface area (TPSA) is 72.8 Å². The SMILES string of the molecule is CC(C)(C)[Si](C)(C)OC[C@H]1OC(=O)C[C@@H]1C(=O)O. The van der Waals surface area contributed by atoms with Gasteiger partial charge in [-0.15, -0.1) is 0 Å². The second-order valence-corrected chi connectivity index (χ2v) is 11.1. The number of ether oxygens (including phenoxy) is 1. The number of hydrogen-bond donors (Lipinski definition) is 1. The van der Waals surface area contributed by atoms with E-state index in [0.717, 1.165) is 0 Å². The van der Waals surface area contributed by atoms with Gasteiger partial charge in [0.15, 0.2) is 8.32 Å². The summed E-state index contributed by atoms with van der Waals surface area (Å²) in [5.41, 5.74) is 0. The zero-order valence-corrected chi connectivity index (χ0v) is 12.6. The highest BCUT2D eigenvalue weighted by Crippen LogP contribution is 2.37. The third-order valence-corrected chi connectivity index (χ3v) is 8.35. The van der Waals surface area contributed by atoms with Gasteiger partial charge < -0.3 is 14.3 Å². The molecule has 0 unspecified atom stereocenters. The molecule has 0 amide bonds. The van der Waals surface area contributed by atoms with Gasteiger partial charge in [-0.2, -0.15) is 0 Å². The van der Waals surface area contributed by atoms with Crippen molar-refractivity contribution in [3.8, 4) is 0 Å². The summed E-state index contributed by atoms with van der Waals surface area (Å²) < 4.78 is 10.9. The van der Waals surface area contributed by atoms with Crippen molar-refractivity contribution in [1.82, 2.24) is 0 Å². The molecule has 1 fully saturated rings. The minimum atomic E-state index is -1.94. The van der Waals surface area contributed by atoms with Crippen molar-refractivity contribution >= 4 is 20.3 Å². The molecule has 0 aliphatic carbocycles. The Morgan fingerprint density at radius 3 is 2.50 bits per heavy atom. The summed E-state index contributed by atoms with van der Waals surface area (Å²) in [4.78, 5) is 22.2. The maximum Gasteiger partial charge on any atom is 0.310 e. The van der Waals surface area contributed by atoms with Crippen LogP contribution in [0.1, 0.15) is 27.2 Å². The van der Waals surface area contributed by atoms with Crippen molar-refractivity contribution in [3.05, 3.63) is 0 Å². The van der Waals surface area contributed by atoms with E-state index in [9.17, 15) is 9.59 Å². The molecular formula is C12H22O5Si. The van der Waals surface area contributed by atoms with Crippen LogP contribution in [0, 0.1) is 5.92 Å². The van der Waals surface area contributed by atoms with Crippen LogP contribution in [-0.4, -0.2) is 38.1 Å². The van der Waals surface area contributed by atoms with Gasteiger partial charge in [0, 0.05) is 0 Å². The predicted molar refractivity (Wildman–Crippen MR) is 68.8 cm³/mol. The Balaban J connectivity index is 2.63. The van der Waals surface area contributed by atoms with Gasteiger partial charge >= 0.3 is 11.9 Å². The quantitative estimate of drug-likeness (QED) is 0.627. The molecule has 0 spiro atoms. The highest BCUT2D eigenvalue weighted by atomic mass is 28.4. The average molecular weight is 274 g/mol. The Morgan fingerprint density at radius 2 is 2.06 bits per heavy atom. The number of carboxylic acid groups (broad SMARTS) is 1. The molecule has 0 radical (unpaired) electrons. The Bertz CT molecular complexity index is 345. The van der Waals surface area contributed by atoms with Gasteiger partial charge in [-0.25, -0.2) is 0 Å². The summed E-state index contributed by atoms with van der Waals surface area (Å²) in [6.07, 6.45) is -0.704. The van der Waals surface area contributed by atoms with E-state index in [0.29, 0.717) is 0 Å². The molecule has 1 N–H and O–H groups in total. The molecular weight excluding hydrogens is 252 g/mol. The van der Waals surface area contributed by atoms with Crippen LogP contribution in [0.15, 0.2) is 0 Å². The molecule has 2 atom stereocenters. The lowest BCUT2D eigenvalue weighted by atomic mass is 10.0. The number of rotatable bonds is 4. The molecule has 0 aromatic carbocycles. The van der Waals surface area contributed by atoms with Crippen LogP contribution in [0.2, 0.25) is 18.1 Å². The van der Waals surface area contributed by atoms with E-state index >= 15 is 0 Å². The minimum absolute atomic E-state index is 0.0499. The van der Waals surface area contributed by atoms with Gasteiger partial charge in [0.1, 0.15) is 12.0 Å². The fourth-order valence-corrected chi connectivity index (χ4v) is 2.53. The van der Waals surface area contributed by atoms with E-state index in [4.69, 9.17) is 14.3 Å². The van der Waals surface area contributed by atoms with Crippen LogP contribution in [0.3, 0.4) is 0 Å². The van der Waals surface area contributed by atoms with Gasteiger partial charge in [0.25, 0.3) is 0 Å². The number of aliphatic carboxylic acids is 1. The Labute approximate surface area is 109 Å². The fraction of sp³-hybridized carbons (Fsp3) is 0.833. The molecule has 1 saturated heterocycles. The van der Waals surface area contributed by atoms with E-state index in [2.05, 4.69) is 33.9 Å². The van der Waals surface area contributed by atoms with E-state index in [1.165, 1.54) is 0 Å². The molecule has 5 nitrogen and oxygen atoms in total. The third-order valence-electron chi connectivity index (χ3n) is 3.85. The van der Waals surface area contributed by atoms with Crippen molar-refractivity contribution in [2.45, 2.75) is 51.4 Å². The van der Waals surface area contributed by atoms with Crippen molar-refractivity contribution in [2.75, 3.05) is 6.61 Å². The number of carboxylic acids is 1. The summed E-state index contributed by atoms with van der Waals surface area (Å²) in [7, 11) is -1.94. The first kappa shape index (κ1) is 15.2. The number of hydrogen-bond acceptors (Lipinski definition) is 4. The van der Waals surface area contributed by atoms with Crippen LogP contribution >= 0.6 is 0 Å². The number of esters is 1. The van der Waals surface area contributed by atoms with Crippen LogP contribution < -0.4 is 0 Å². The second-order valence-electron chi connectivity index (χ2n) is 6.25.